The van der Waals surface area contributed by atoms with Crippen LogP contribution in [0.25, 0.3) is 11.3 Å². The minimum absolute atomic E-state index is 0.309. The van der Waals surface area contributed by atoms with Crippen molar-refractivity contribution < 1.29 is 14.3 Å². The number of ether oxygens (including phenoxy) is 2. The molecule has 0 radical (unpaired) electrons. The van der Waals surface area contributed by atoms with E-state index in [-0.39, 0.29) is 5.91 Å². The lowest BCUT2D eigenvalue weighted by molar-refractivity contribution is 0.0955. The molecular weight excluding hydrogens is 552 g/mol. The van der Waals surface area contributed by atoms with Crippen molar-refractivity contribution in [1.82, 2.24) is 10.4 Å². The Morgan fingerprint density at radius 1 is 1.14 bits per heavy atom. The number of nitrogens with one attached hydrogen (secondary N) is 2. The first kappa shape index (κ1) is 26.4. The van der Waals surface area contributed by atoms with Crippen LogP contribution in [0.1, 0.15) is 34.8 Å². The van der Waals surface area contributed by atoms with Gasteiger partial charge in [0.1, 0.15) is 0 Å². The maximum atomic E-state index is 12.6. The topological polar surface area (TPSA) is 84.8 Å². The van der Waals surface area contributed by atoms with Gasteiger partial charge in [0.25, 0.3) is 5.91 Å². The molecule has 0 saturated carbocycles. The van der Waals surface area contributed by atoms with Crippen molar-refractivity contribution in [3.8, 4) is 22.8 Å². The third-order valence-electron chi connectivity index (χ3n) is 5.33. The number of anilines is 2. The fourth-order valence-corrected chi connectivity index (χ4v) is 4.72. The SMILES string of the molecule is CCCOc1c(Br)cc(/C=N\NC(=O)c2ccc(-c3csc(Nc4ccc(C)cc4)n3)cc2)cc1OC. The monoisotopic (exact) mass is 578 g/mol. The standard InChI is InChI=1S/C28H27BrN4O3S/c1-4-13-36-26-23(29)14-19(15-25(26)35-3)16-30-33-27(34)21-9-7-20(8-10-21)24-17-37-28(32-24)31-22-11-5-18(2)6-12-22/h5-12,14-17H,4,13H2,1-3H3,(H,31,32)(H,33,34)/b30-16-. The van der Waals surface area contributed by atoms with E-state index >= 15 is 0 Å². The molecule has 0 aliphatic rings. The molecule has 4 aromatic rings. The molecular formula is C28H27BrN4O3S. The van der Waals surface area contributed by atoms with Gasteiger partial charge in [-0.2, -0.15) is 5.10 Å². The molecule has 9 heteroatoms. The molecule has 0 unspecified atom stereocenters. The van der Waals surface area contributed by atoms with Crippen LogP contribution in [-0.4, -0.2) is 30.8 Å². The molecule has 1 heterocycles. The average Bonchev–Trinajstić information content (AvgIpc) is 3.37. The second-order valence-electron chi connectivity index (χ2n) is 8.19. The van der Waals surface area contributed by atoms with E-state index < -0.39 is 0 Å². The summed E-state index contributed by atoms with van der Waals surface area (Å²) in [5.41, 5.74) is 7.78. The molecule has 1 amide bonds. The van der Waals surface area contributed by atoms with Gasteiger partial charge in [0.2, 0.25) is 0 Å². The summed E-state index contributed by atoms with van der Waals surface area (Å²) >= 11 is 5.04. The first-order valence-corrected chi connectivity index (χ1v) is 13.4. The number of hydrogen-bond acceptors (Lipinski definition) is 7. The number of carbonyl (C=O) groups excluding carboxylic acids is 1. The number of aryl methyl sites for hydroxylation is 1. The van der Waals surface area contributed by atoms with Gasteiger partial charge < -0.3 is 14.8 Å². The lowest BCUT2D eigenvalue weighted by atomic mass is 10.1. The molecule has 0 fully saturated rings. The number of nitrogens with zero attached hydrogens (tertiary/aromatic N) is 2. The Labute approximate surface area is 228 Å². The van der Waals surface area contributed by atoms with Crippen molar-refractivity contribution in [2.75, 3.05) is 19.0 Å². The largest absolute Gasteiger partial charge is 0.493 e. The lowest BCUT2D eigenvalue weighted by Crippen LogP contribution is -2.17. The van der Waals surface area contributed by atoms with Crippen molar-refractivity contribution in [1.29, 1.82) is 0 Å². The van der Waals surface area contributed by atoms with Crippen LogP contribution < -0.4 is 20.2 Å². The van der Waals surface area contributed by atoms with E-state index in [1.54, 1.807) is 31.5 Å². The Bertz CT molecular complexity index is 1390. The smallest absolute Gasteiger partial charge is 0.271 e. The molecule has 2 N–H and O–H groups in total. The maximum absolute atomic E-state index is 12.6. The van der Waals surface area contributed by atoms with Crippen LogP contribution in [0, 0.1) is 6.92 Å². The minimum atomic E-state index is -0.309. The van der Waals surface area contributed by atoms with Crippen molar-refractivity contribution in [3.05, 3.63) is 87.2 Å². The van der Waals surface area contributed by atoms with Crippen LogP contribution in [0.5, 0.6) is 11.5 Å². The minimum Gasteiger partial charge on any atom is -0.493 e. The van der Waals surface area contributed by atoms with Gasteiger partial charge in [0.15, 0.2) is 16.6 Å². The summed E-state index contributed by atoms with van der Waals surface area (Å²) in [4.78, 5) is 17.2. The summed E-state index contributed by atoms with van der Waals surface area (Å²) in [6, 6.07) is 19.1. The molecule has 0 bridgehead atoms. The zero-order chi connectivity index (χ0) is 26.2. The number of thiazole rings is 1. The van der Waals surface area contributed by atoms with Gasteiger partial charge in [-0.05, 0) is 71.2 Å². The summed E-state index contributed by atoms with van der Waals surface area (Å²) < 4.78 is 11.9. The number of hydrazone groups is 1. The van der Waals surface area contributed by atoms with E-state index in [2.05, 4.69) is 55.8 Å². The molecule has 0 aliphatic carbocycles. The number of carbonyl (C=O) groups is 1. The first-order chi connectivity index (χ1) is 18.0. The van der Waals surface area contributed by atoms with Crippen LogP contribution in [0.3, 0.4) is 0 Å². The summed E-state index contributed by atoms with van der Waals surface area (Å²) in [6.07, 6.45) is 2.45. The second kappa shape index (κ2) is 12.5. The number of hydrogen-bond donors (Lipinski definition) is 2. The van der Waals surface area contributed by atoms with E-state index in [1.807, 2.05) is 42.6 Å². The Kier molecular flexibility index (Phi) is 8.92. The van der Waals surface area contributed by atoms with E-state index in [4.69, 9.17) is 9.47 Å². The van der Waals surface area contributed by atoms with Crippen molar-refractivity contribution >= 4 is 50.2 Å². The fraction of sp³-hybridized carbons (Fsp3) is 0.179. The van der Waals surface area contributed by atoms with E-state index in [0.29, 0.717) is 23.7 Å². The average molecular weight is 580 g/mol. The Morgan fingerprint density at radius 2 is 1.89 bits per heavy atom. The highest BCUT2D eigenvalue weighted by atomic mass is 79.9. The van der Waals surface area contributed by atoms with Gasteiger partial charge in [-0.3, -0.25) is 4.79 Å². The zero-order valence-corrected chi connectivity index (χ0v) is 23.2. The fourth-order valence-electron chi connectivity index (χ4n) is 3.40. The normalized spacial score (nSPS) is 10.9. The summed E-state index contributed by atoms with van der Waals surface area (Å²) in [7, 11) is 1.58. The molecule has 1 aromatic heterocycles. The molecule has 3 aromatic carbocycles. The van der Waals surface area contributed by atoms with Crippen LogP contribution in [0.15, 0.2) is 75.6 Å². The molecule has 190 valence electrons. The molecule has 0 saturated heterocycles. The highest BCUT2D eigenvalue weighted by Gasteiger charge is 2.12. The second-order valence-corrected chi connectivity index (χ2v) is 9.90. The summed E-state index contributed by atoms with van der Waals surface area (Å²) in [5, 5.41) is 10.2. The number of amides is 1. The Morgan fingerprint density at radius 3 is 2.59 bits per heavy atom. The quantitative estimate of drug-likeness (QED) is 0.154. The number of aromatic nitrogens is 1. The van der Waals surface area contributed by atoms with E-state index in [0.717, 1.165) is 38.5 Å². The van der Waals surface area contributed by atoms with Crippen molar-refractivity contribution in [2.45, 2.75) is 20.3 Å². The van der Waals surface area contributed by atoms with E-state index in [1.165, 1.54) is 16.9 Å². The van der Waals surface area contributed by atoms with Crippen LogP contribution >= 0.6 is 27.3 Å². The van der Waals surface area contributed by atoms with Gasteiger partial charge in [-0.1, -0.05) is 36.8 Å². The van der Waals surface area contributed by atoms with Gasteiger partial charge in [0, 0.05) is 22.2 Å². The first-order valence-electron chi connectivity index (χ1n) is 11.7. The maximum Gasteiger partial charge on any atom is 0.271 e. The Hall–Kier alpha value is -3.69. The van der Waals surface area contributed by atoms with Gasteiger partial charge in [0.05, 0.1) is 30.1 Å². The Balaban J connectivity index is 1.37. The van der Waals surface area contributed by atoms with Gasteiger partial charge in [-0.25, -0.2) is 10.4 Å². The predicted molar refractivity (Wildman–Crippen MR) is 154 cm³/mol. The van der Waals surface area contributed by atoms with Gasteiger partial charge >= 0.3 is 0 Å². The van der Waals surface area contributed by atoms with Gasteiger partial charge in [-0.15, -0.1) is 11.3 Å². The molecule has 0 atom stereocenters. The number of rotatable bonds is 10. The van der Waals surface area contributed by atoms with Crippen LogP contribution in [0.2, 0.25) is 0 Å². The third-order valence-corrected chi connectivity index (χ3v) is 6.68. The number of halogens is 1. The third kappa shape index (κ3) is 6.96. The van der Waals surface area contributed by atoms with Crippen molar-refractivity contribution in [2.24, 2.45) is 5.10 Å². The summed E-state index contributed by atoms with van der Waals surface area (Å²) in [6.45, 7) is 4.68. The molecule has 7 nitrogen and oxygen atoms in total. The molecule has 4 rings (SSSR count). The highest BCUT2D eigenvalue weighted by Crippen LogP contribution is 2.36. The van der Waals surface area contributed by atoms with Crippen molar-refractivity contribution in [3.63, 3.8) is 0 Å². The molecule has 0 spiro atoms. The summed E-state index contributed by atoms with van der Waals surface area (Å²) in [5.74, 6) is 0.922. The molecule has 0 aliphatic heterocycles. The van der Waals surface area contributed by atoms with Crippen LogP contribution in [-0.2, 0) is 0 Å². The van der Waals surface area contributed by atoms with Crippen LogP contribution in [0.4, 0.5) is 10.8 Å². The number of benzene rings is 3. The zero-order valence-electron chi connectivity index (χ0n) is 20.7. The number of methoxy groups -OCH3 is 1. The predicted octanol–water partition coefficient (Wildman–Crippen LogP) is 7.19. The lowest BCUT2D eigenvalue weighted by Gasteiger charge is -2.12. The molecule has 37 heavy (non-hydrogen) atoms. The van der Waals surface area contributed by atoms with E-state index in [9.17, 15) is 4.79 Å². The highest BCUT2D eigenvalue weighted by molar-refractivity contribution is 9.10.